The molecule has 0 aliphatic carbocycles. The Labute approximate surface area is 157 Å². The van der Waals surface area contributed by atoms with Crippen molar-refractivity contribution in [3.05, 3.63) is 28.7 Å². The molecule has 1 aliphatic rings. The molecule has 1 aromatic rings. The number of piperazine rings is 1. The van der Waals surface area contributed by atoms with E-state index < -0.39 is 0 Å². The fourth-order valence-corrected chi connectivity index (χ4v) is 3.11. The fraction of sp³-hybridized carbons (Fsp3) is 0.556. The molecule has 0 bridgehead atoms. The van der Waals surface area contributed by atoms with Gasteiger partial charge < -0.3 is 19.9 Å². The molecule has 2 rings (SSSR count). The van der Waals surface area contributed by atoms with Gasteiger partial charge in [0.25, 0.3) is 11.8 Å². The van der Waals surface area contributed by atoms with E-state index in [2.05, 4.69) is 28.2 Å². The van der Waals surface area contributed by atoms with Crippen molar-refractivity contribution in [2.45, 2.75) is 19.8 Å². The first kappa shape index (κ1) is 19.7. The van der Waals surface area contributed by atoms with Crippen molar-refractivity contribution in [2.75, 3.05) is 45.9 Å². The van der Waals surface area contributed by atoms with Crippen LogP contribution in [0.2, 0.25) is 0 Å². The molecular formula is C18H27BrN3O3+. The summed E-state index contributed by atoms with van der Waals surface area (Å²) in [6.45, 7) is 6.31. The van der Waals surface area contributed by atoms with Crippen LogP contribution in [0.1, 0.15) is 19.8 Å². The maximum absolute atomic E-state index is 12.3. The number of ether oxygens (including phenoxy) is 1. The van der Waals surface area contributed by atoms with Gasteiger partial charge in [-0.1, -0.05) is 35.3 Å². The summed E-state index contributed by atoms with van der Waals surface area (Å²) in [5.41, 5.74) is 0. The lowest BCUT2D eigenvalue weighted by molar-refractivity contribution is -0.896. The van der Waals surface area contributed by atoms with E-state index >= 15 is 0 Å². The van der Waals surface area contributed by atoms with Gasteiger partial charge in [-0.25, -0.2) is 0 Å². The third-order valence-corrected chi connectivity index (χ3v) is 4.74. The van der Waals surface area contributed by atoms with E-state index in [1.807, 2.05) is 29.2 Å². The molecule has 0 saturated carbocycles. The zero-order valence-corrected chi connectivity index (χ0v) is 16.3. The van der Waals surface area contributed by atoms with Crippen molar-refractivity contribution in [3.8, 4) is 5.75 Å². The second-order valence-corrected chi connectivity index (χ2v) is 7.17. The minimum Gasteiger partial charge on any atom is -0.484 e. The number of nitrogens with zero attached hydrogens (tertiary/aromatic N) is 1. The zero-order valence-electron chi connectivity index (χ0n) is 14.7. The summed E-state index contributed by atoms with van der Waals surface area (Å²) in [6.07, 6.45) is 2.09. The number of benzene rings is 1. The molecule has 0 atom stereocenters. The van der Waals surface area contributed by atoms with Crippen LogP contribution in [0.3, 0.4) is 0 Å². The van der Waals surface area contributed by atoms with Gasteiger partial charge in [-0.05, 0) is 24.6 Å². The Morgan fingerprint density at radius 2 is 2.08 bits per heavy atom. The normalized spacial score (nSPS) is 15.0. The van der Waals surface area contributed by atoms with Gasteiger partial charge >= 0.3 is 0 Å². The highest BCUT2D eigenvalue weighted by atomic mass is 79.9. The number of quaternary nitrogens is 1. The van der Waals surface area contributed by atoms with Crippen LogP contribution in [0.5, 0.6) is 5.75 Å². The first-order valence-electron chi connectivity index (χ1n) is 8.85. The maximum Gasteiger partial charge on any atom is 0.275 e. The molecule has 1 aliphatic heterocycles. The van der Waals surface area contributed by atoms with Crippen molar-refractivity contribution in [3.63, 3.8) is 0 Å². The van der Waals surface area contributed by atoms with E-state index in [1.165, 1.54) is 4.90 Å². The lowest BCUT2D eigenvalue weighted by Crippen LogP contribution is -3.15. The van der Waals surface area contributed by atoms with Crippen LogP contribution in [0.4, 0.5) is 0 Å². The quantitative estimate of drug-likeness (QED) is 0.610. The molecule has 0 aromatic heterocycles. The topological polar surface area (TPSA) is 63.1 Å². The second-order valence-electron chi connectivity index (χ2n) is 6.26. The Morgan fingerprint density at radius 1 is 1.32 bits per heavy atom. The van der Waals surface area contributed by atoms with Crippen LogP contribution >= 0.6 is 15.9 Å². The molecule has 1 fully saturated rings. The lowest BCUT2D eigenvalue weighted by atomic mass is 10.3. The van der Waals surface area contributed by atoms with Crippen molar-refractivity contribution >= 4 is 27.7 Å². The van der Waals surface area contributed by atoms with Crippen molar-refractivity contribution in [2.24, 2.45) is 0 Å². The van der Waals surface area contributed by atoms with E-state index in [-0.39, 0.29) is 18.4 Å². The highest BCUT2D eigenvalue weighted by molar-refractivity contribution is 9.10. The molecule has 2 N–H and O–H groups in total. The molecule has 25 heavy (non-hydrogen) atoms. The highest BCUT2D eigenvalue weighted by Gasteiger charge is 2.25. The van der Waals surface area contributed by atoms with Crippen molar-refractivity contribution in [1.29, 1.82) is 0 Å². The molecular weight excluding hydrogens is 386 g/mol. The molecule has 7 heteroatoms. The van der Waals surface area contributed by atoms with Crippen LogP contribution in [-0.4, -0.2) is 62.6 Å². The monoisotopic (exact) mass is 412 g/mol. The summed E-state index contributed by atoms with van der Waals surface area (Å²) in [5.74, 6) is 0.767. The number of hydrogen-bond donors (Lipinski definition) is 2. The minimum absolute atomic E-state index is 0.00794. The molecule has 1 heterocycles. The number of carbonyl (C=O) groups is 2. The fourth-order valence-electron chi connectivity index (χ4n) is 2.74. The molecule has 1 aromatic carbocycles. The van der Waals surface area contributed by atoms with Gasteiger partial charge in [0.1, 0.15) is 5.75 Å². The molecule has 0 unspecified atom stereocenters. The zero-order chi connectivity index (χ0) is 18.1. The molecule has 138 valence electrons. The first-order chi connectivity index (χ1) is 12.1. The number of amides is 2. The van der Waals surface area contributed by atoms with Crippen LogP contribution < -0.4 is 15.0 Å². The molecule has 0 radical (unpaired) electrons. The highest BCUT2D eigenvalue weighted by Crippen LogP contribution is 2.17. The minimum atomic E-state index is -0.00794. The van der Waals surface area contributed by atoms with E-state index in [4.69, 9.17) is 4.74 Å². The Bertz CT molecular complexity index is 574. The largest absolute Gasteiger partial charge is 0.484 e. The van der Waals surface area contributed by atoms with Gasteiger partial charge in [0.2, 0.25) is 0 Å². The molecule has 6 nitrogen and oxygen atoms in total. The average molecular weight is 413 g/mol. The van der Waals surface area contributed by atoms with E-state index in [9.17, 15) is 9.59 Å². The Kier molecular flexibility index (Phi) is 8.21. The van der Waals surface area contributed by atoms with Gasteiger partial charge in [0.15, 0.2) is 13.2 Å². The smallest absolute Gasteiger partial charge is 0.275 e. The number of unbranched alkanes of at least 4 members (excludes halogenated alkanes) is 1. The van der Waals surface area contributed by atoms with Crippen molar-refractivity contribution < 1.29 is 19.2 Å². The van der Waals surface area contributed by atoms with Gasteiger partial charge in [-0.2, -0.15) is 0 Å². The standard InChI is InChI=1S/C18H26BrN3O3/c1-2-3-7-20-17(23)13-21-8-10-22(11-9-21)18(24)14-25-16-6-4-5-15(19)12-16/h4-6,12H,2-3,7-11,13-14H2,1H3,(H,20,23)/p+1. The Hall–Kier alpha value is -1.60. The predicted octanol–water partition coefficient (Wildman–Crippen LogP) is 0.471. The average Bonchev–Trinajstić information content (AvgIpc) is 2.60. The summed E-state index contributed by atoms with van der Waals surface area (Å²) in [4.78, 5) is 27.2. The number of rotatable bonds is 8. The SMILES string of the molecule is CCCCNC(=O)C[NH+]1CCN(C(=O)COc2cccc(Br)c2)CC1. The van der Waals surface area contributed by atoms with Crippen LogP contribution in [0.15, 0.2) is 28.7 Å². The van der Waals surface area contributed by atoms with Gasteiger partial charge in [-0.15, -0.1) is 0 Å². The summed E-state index contributed by atoms with van der Waals surface area (Å²) in [6, 6.07) is 7.45. The summed E-state index contributed by atoms with van der Waals surface area (Å²) in [7, 11) is 0. The predicted molar refractivity (Wildman–Crippen MR) is 99.7 cm³/mol. The van der Waals surface area contributed by atoms with Crippen LogP contribution in [0.25, 0.3) is 0 Å². The third-order valence-electron chi connectivity index (χ3n) is 4.24. The molecule has 2 amide bonds. The third kappa shape index (κ3) is 7.04. The van der Waals surface area contributed by atoms with E-state index in [0.717, 1.165) is 36.9 Å². The molecule has 1 saturated heterocycles. The maximum atomic E-state index is 12.3. The van der Waals surface area contributed by atoms with E-state index in [0.29, 0.717) is 25.4 Å². The van der Waals surface area contributed by atoms with Gasteiger partial charge in [-0.3, -0.25) is 9.59 Å². The van der Waals surface area contributed by atoms with Gasteiger partial charge in [0.05, 0.1) is 26.2 Å². The number of halogens is 1. The van der Waals surface area contributed by atoms with E-state index in [1.54, 1.807) is 0 Å². The summed E-state index contributed by atoms with van der Waals surface area (Å²) < 4.78 is 6.48. The Morgan fingerprint density at radius 3 is 2.76 bits per heavy atom. The van der Waals surface area contributed by atoms with Crippen LogP contribution in [-0.2, 0) is 9.59 Å². The second kappa shape index (κ2) is 10.4. The van der Waals surface area contributed by atoms with Gasteiger partial charge in [0, 0.05) is 11.0 Å². The first-order valence-corrected chi connectivity index (χ1v) is 9.64. The number of carbonyl (C=O) groups excluding carboxylic acids is 2. The van der Waals surface area contributed by atoms with Crippen molar-refractivity contribution in [1.82, 2.24) is 10.2 Å². The summed E-state index contributed by atoms with van der Waals surface area (Å²) in [5, 5.41) is 2.94. The number of hydrogen-bond acceptors (Lipinski definition) is 3. The summed E-state index contributed by atoms with van der Waals surface area (Å²) >= 11 is 3.38. The number of nitrogens with one attached hydrogen (secondary N) is 2. The Balaban J connectivity index is 1.67. The van der Waals surface area contributed by atoms with Crippen LogP contribution in [0, 0.1) is 0 Å². The lowest BCUT2D eigenvalue weighted by Gasteiger charge is -2.31. The molecule has 0 spiro atoms.